The van der Waals surface area contributed by atoms with Crippen LogP contribution in [0.5, 0.6) is 0 Å². The quantitative estimate of drug-likeness (QED) is 0.777. The first-order valence-corrected chi connectivity index (χ1v) is 5.43. The van der Waals surface area contributed by atoms with Crippen molar-refractivity contribution in [3.05, 3.63) is 11.1 Å². The highest BCUT2D eigenvalue weighted by Gasteiger charge is 2.29. The van der Waals surface area contributed by atoms with Gasteiger partial charge in [-0.3, -0.25) is 4.79 Å². The molecular formula is C10H12N2O3S. The number of aromatic nitrogens is 1. The van der Waals surface area contributed by atoms with Crippen molar-refractivity contribution in [3.8, 4) is 0 Å². The zero-order chi connectivity index (χ0) is 12.3. The van der Waals surface area contributed by atoms with Crippen molar-refractivity contribution in [3.63, 3.8) is 0 Å². The molecule has 86 valence electrons. The van der Waals surface area contributed by atoms with Crippen LogP contribution in [0.4, 0.5) is 5.13 Å². The van der Waals surface area contributed by atoms with Gasteiger partial charge in [-0.1, -0.05) is 0 Å². The molecule has 0 radical (unpaired) electrons. The van der Waals surface area contributed by atoms with Crippen LogP contribution in [0.2, 0.25) is 0 Å². The second-order valence-electron chi connectivity index (χ2n) is 4.02. The Bertz CT molecular complexity index is 458. The van der Waals surface area contributed by atoms with Crippen molar-refractivity contribution in [2.45, 2.75) is 20.3 Å². The molecule has 1 aromatic rings. The zero-order valence-electron chi connectivity index (χ0n) is 8.98. The highest BCUT2D eigenvalue weighted by Crippen LogP contribution is 2.30. The van der Waals surface area contributed by atoms with Gasteiger partial charge in [0, 0.05) is 11.8 Å². The van der Waals surface area contributed by atoms with Crippen molar-refractivity contribution in [2.75, 3.05) is 5.73 Å². The average molecular weight is 240 g/mol. The summed E-state index contributed by atoms with van der Waals surface area (Å²) in [6.45, 7) is 3.09. The number of carbonyl (C=O) groups is 1. The van der Waals surface area contributed by atoms with E-state index in [-0.39, 0.29) is 12.0 Å². The topological polar surface area (TPSA) is 93.3 Å². The number of rotatable bonds is 4. The summed E-state index contributed by atoms with van der Waals surface area (Å²) in [5.41, 5.74) is 5.07. The lowest BCUT2D eigenvalue weighted by atomic mass is 9.85. The van der Waals surface area contributed by atoms with Gasteiger partial charge in [-0.05, 0) is 13.8 Å². The summed E-state index contributed by atoms with van der Waals surface area (Å²) < 4.78 is 0. The van der Waals surface area contributed by atoms with Gasteiger partial charge in [0.05, 0.1) is 16.7 Å². The Hall–Kier alpha value is -1.65. The van der Waals surface area contributed by atoms with E-state index in [4.69, 9.17) is 10.8 Å². The van der Waals surface area contributed by atoms with Crippen molar-refractivity contribution in [1.82, 2.24) is 4.98 Å². The molecule has 0 aromatic carbocycles. The molecule has 6 heteroatoms. The van der Waals surface area contributed by atoms with Crippen LogP contribution in [0.25, 0.3) is 5.57 Å². The van der Waals surface area contributed by atoms with Crippen molar-refractivity contribution in [2.24, 2.45) is 5.41 Å². The van der Waals surface area contributed by atoms with Gasteiger partial charge in [0.2, 0.25) is 0 Å². The summed E-state index contributed by atoms with van der Waals surface area (Å²) in [6, 6.07) is 0. The number of carboxylic acid groups (broad SMARTS) is 1. The number of nitrogens with two attached hydrogens (primary N) is 1. The molecule has 3 N–H and O–H groups in total. The van der Waals surface area contributed by atoms with E-state index < -0.39 is 11.4 Å². The van der Waals surface area contributed by atoms with Gasteiger partial charge in [0.25, 0.3) is 0 Å². The summed E-state index contributed by atoms with van der Waals surface area (Å²) in [7, 11) is 0. The molecule has 0 aliphatic rings. The van der Waals surface area contributed by atoms with E-state index in [1.807, 2.05) is 0 Å². The number of carboxylic acids is 1. The Morgan fingerprint density at radius 2 is 2.31 bits per heavy atom. The molecular weight excluding hydrogens is 228 g/mol. The molecule has 0 saturated heterocycles. The van der Waals surface area contributed by atoms with Crippen LogP contribution >= 0.6 is 11.3 Å². The molecule has 1 aromatic heterocycles. The van der Waals surface area contributed by atoms with Crippen LogP contribution in [-0.4, -0.2) is 22.0 Å². The molecule has 0 aliphatic carbocycles. The molecule has 0 unspecified atom stereocenters. The number of nitrogens with zero attached hydrogens (tertiary/aromatic N) is 1. The van der Waals surface area contributed by atoms with Gasteiger partial charge in [-0.2, -0.15) is 0 Å². The van der Waals surface area contributed by atoms with Gasteiger partial charge in [-0.15, -0.1) is 11.3 Å². The highest BCUT2D eigenvalue weighted by molar-refractivity contribution is 7.13. The van der Waals surface area contributed by atoms with Gasteiger partial charge >= 0.3 is 5.97 Å². The van der Waals surface area contributed by atoms with E-state index in [1.54, 1.807) is 25.2 Å². The molecule has 16 heavy (non-hydrogen) atoms. The van der Waals surface area contributed by atoms with Crippen LogP contribution in [0.1, 0.15) is 26.0 Å². The number of thiazole rings is 1. The van der Waals surface area contributed by atoms with Crippen LogP contribution in [0.15, 0.2) is 5.38 Å². The van der Waals surface area contributed by atoms with Gasteiger partial charge < -0.3 is 10.8 Å². The van der Waals surface area contributed by atoms with Crippen molar-refractivity contribution >= 4 is 34.0 Å². The number of carbonyl (C=O) groups excluding carboxylic acids is 1. The maximum Gasteiger partial charge on any atom is 0.309 e. The molecule has 5 nitrogen and oxygen atoms in total. The van der Waals surface area contributed by atoms with Crippen LogP contribution < -0.4 is 5.73 Å². The summed E-state index contributed by atoms with van der Waals surface area (Å²) in [4.78, 5) is 25.6. The molecule has 0 saturated carbocycles. The molecule has 0 atom stereocenters. The monoisotopic (exact) mass is 240 g/mol. The average Bonchev–Trinajstić information content (AvgIpc) is 2.61. The number of hydrogen-bond donors (Lipinski definition) is 2. The van der Waals surface area contributed by atoms with Gasteiger partial charge in [0.1, 0.15) is 5.94 Å². The number of nitrogen functional groups attached to an aromatic ring is 1. The highest BCUT2D eigenvalue weighted by atomic mass is 32.1. The van der Waals surface area contributed by atoms with Crippen molar-refractivity contribution < 1.29 is 14.7 Å². The lowest BCUT2D eigenvalue weighted by Gasteiger charge is -2.18. The first kappa shape index (κ1) is 12.4. The summed E-state index contributed by atoms with van der Waals surface area (Å²) in [5, 5.41) is 10.9. The normalized spacial score (nSPS) is 10.9. The smallest absolute Gasteiger partial charge is 0.309 e. The standard InChI is InChI=1S/C10H12N2O3S/c1-10(2,8(14)15)3-6(4-13)7-5-16-9(11)12-7/h5H,3H2,1-2H3,(H2,11,12)(H,14,15). The molecule has 0 aliphatic heterocycles. The Morgan fingerprint density at radius 1 is 1.69 bits per heavy atom. The molecule has 0 fully saturated rings. The summed E-state index contributed by atoms with van der Waals surface area (Å²) in [6.07, 6.45) is 0.0784. The Morgan fingerprint density at radius 3 is 2.69 bits per heavy atom. The minimum absolute atomic E-state index is 0.0784. The fraction of sp³-hybridized carbons (Fsp3) is 0.400. The fourth-order valence-electron chi connectivity index (χ4n) is 1.12. The van der Waals surface area contributed by atoms with E-state index >= 15 is 0 Å². The molecule has 1 heterocycles. The Balaban J connectivity index is 2.95. The Labute approximate surface area is 96.6 Å². The number of anilines is 1. The third-order valence-electron chi connectivity index (χ3n) is 2.15. The molecule has 0 spiro atoms. The number of allylic oxidation sites excluding steroid dienone is 1. The minimum Gasteiger partial charge on any atom is -0.481 e. The lowest BCUT2D eigenvalue weighted by molar-refractivity contribution is -0.146. The van der Waals surface area contributed by atoms with Gasteiger partial charge in [-0.25, -0.2) is 9.78 Å². The summed E-state index contributed by atoms with van der Waals surface area (Å²) in [5.74, 6) is 0.766. The van der Waals surface area contributed by atoms with Crippen molar-refractivity contribution in [1.29, 1.82) is 0 Å². The SMILES string of the molecule is CC(C)(CC(=C=O)c1csc(N)n1)C(=O)O. The second kappa shape index (κ2) is 4.47. The number of aliphatic carboxylic acids is 1. The third-order valence-corrected chi connectivity index (χ3v) is 2.83. The number of hydrogen-bond acceptors (Lipinski definition) is 5. The largest absolute Gasteiger partial charge is 0.481 e. The van der Waals surface area contributed by atoms with E-state index in [0.29, 0.717) is 10.8 Å². The van der Waals surface area contributed by atoms with E-state index in [9.17, 15) is 9.59 Å². The molecule has 0 amide bonds. The molecule has 1 rings (SSSR count). The van der Waals surface area contributed by atoms with E-state index in [1.165, 1.54) is 11.3 Å². The predicted octanol–water partition coefficient (Wildman–Crippen LogP) is 1.44. The predicted molar refractivity (Wildman–Crippen MR) is 61.7 cm³/mol. The first-order chi connectivity index (χ1) is 7.36. The zero-order valence-corrected chi connectivity index (χ0v) is 9.80. The minimum atomic E-state index is -1.02. The van der Waals surface area contributed by atoms with Crippen LogP contribution in [0, 0.1) is 5.41 Å². The fourth-order valence-corrected chi connectivity index (χ4v) is 1.70. The third kappa shape index (κ3) is 2.68. The maximum absolute atomic E-state index is 10.9. The Kier molecular flexibility index (Phi) is 3.47. The van der Waals surface area contributed by atoms with Gasteiger partial charge in [0.15, 0.2) is 5.13 Å². The molecule has 0 bridgehead atoms. The summed E-state index contributed by atoms with van der Waals surface area (Å²) >= 11 is 1.20. The van der Waals surface area contributed by atoms with E-state index in [2.05, 4.69) is 4.98 Å². The van der Waals surface area contributed by atoms with Crippen LogP contribution in [-0.2, 0) is 9.59 Å². The van der Waals surface area contributed by atoms with Crippen LogP contribution in [0.3, 0.4) is 0 Å². The van der Waals surface area contributed by atoms with E-state index in [0.717, 1.165) is 0 Å². The lowest BCUT2D eigenvalue weighted by Crippen LogP contribution is -2.24. The maximum atomic E-state index is 10.9. The first-order valence-electron chi connectivity index (χ1n) is 4.55. The second-order valence-corrected chi connectivity index (χ2v) is 4.91.